The number of aromatic hydroxyl groups is 1. The molecule has 1 spiro atoms. The quantitative estimate of drug-likeness (QED) is 0.690. The Morgan fingerprint density at radius 1 is 1.26 bits per heavy atom. The lowest BCUT2D eigenvalue weighted by atomic mass is 9.80. The largest absolute Gasteiger partial charge is 0.508 e. The number of amides is 2. The van der Waals surface area contributed by atoms with Crippen LogP contribution in [-0.4, -0.2) is 71.7 Å². The highest BCUT2D eigenvalue weighted by Gasteiger charge is 2.50. The highest BCUT2D eigenvalue weighted by atomic mass is 16.6. The summed E-state index contributed by atoms with van der Waals surface area (Å²) in [5.41, 5.74) is -0.102. The average Bonchev–Trinajstić information content (AvgIpc) is 2.77. The Morgan fingerprint density at radius 2 is 2.03 bits per heavy atom. The van der Waals surface area contributed by atoms with Crippen molar-refractivity contribution in [2.75, 3.05) is 26.4 Å². The van der Waals surface area contributed by atoms with Crippen molar-refractivity contribution in [1.82, 2.24) is 10.2 Å². The highest BCUT2D eigenvalue weighted by Crippen LogP contribution is 2.37. The van der Waals surface area contributed by atoms with Crippen LogP contribution in [0, 0.1) is 0 Å². The van der Waals surface area contributed by atoms with Gasteiger partial charge in [-0.25, -0.2) is 4.79 Å². The van der Waals surface area contributed by atoms with Gasteiger partial charge in [-0.2, -0.15) is 0 Å². The lowest BCUT2D eigenvalue weighted by Gasteiger charge is -2.51. The van der Waals surface area contributed by atoms with E-state index in [9.17, 15) is 14.7 Å². The first kappa shape index (κ1) is 24.8. The third-order valence-corrected chi connectivity index (χ3v) is 7.15. The maximum atomic E-state index is 13.1. The molecule has 2 saturated heterocycles. The predicted octanol–water partition coefficient (Wildman–Crippen LogP) is 3.72. The average molecular weight is 475 g/mol. The first-order valence-corrected chi connectivity index (χ1v) is 12.4. The molecule has 2 atom stereocenters. The number of carbonyl (C=O) groups excluding carboxylic acids is 2. The molecule has 1 aromatic carbocycles. The van der Waals surface area contributed by atoms with E-state index in [4.69, 9.17) is 14.2 Å². The van der Waals surface area contributed by atoms with Gasteiger partial charge in [-0.15, -0.1) is 0 Å². The number of hydrogen-bond acceptors (Lipinski definition) is 6. The van der Waals surface area contributed by atoms with Crippen LogP contribution >= 0.6 is 0 Å². The molecule has 1 aliphatic carbocycles. The molecule has 4 rings (SSSR count). The van der Waals surface area contributed by atoms with Gasteiger partial charge in [-0.3, -0.25) is 4.79 Å². The zero-order chi connectivity index (χ0) is 24.3. The number of piperidine rings is 1. The number of phenols is 1. The van der Waals surface area contributed by atoms with Gasteiger partial charge in [0.2, 0.25) is 5.91 Å². The molecular weight excluding hydrogens is 436 g/mol. The molecule has 0 radical (unpaired) electrons. The molecule has 2 N–H and O–H groups in total. The second-order valence-corrected chi connectivity index (χ2v) is 10.9. The van der Waals surface area contributed by atoms with Crippen LogP contribution in [0.3, 0.4) is 0 Å². The Labute approximate surface area is 201 Å². The van der Waals surface area contributed by atoms with E-state index in [0.29, 0.717) is 31.4 Å². The summed E-state index contributed by atoms with van der Waals surface area (Å²) in [7, 11) is 0. The molecule has 8 nitrogen and oxygen atoms in total. The number of hydrogen-bond donors (Lipinski definition) is 2. The van der Waals surface area contributed by atoms with Crippen LogP contribution in [0.1, 0.15) is 70.8 Å². The number of morpholine rings is 1. The number of likely N-dealkylation sites (tertiary alicyclic amines) is 1. The molecule has 34 heavy (non-hydrogen) atoms. The minimum atomic E-state index is -0.663. The van der Waals surface area contributed by atoms with Gasteiger partial charge >= 0.3 is 6.09 Å². The van der Waals surface area contributed by atoms with Crippen LogP contribution in [0.2, 0.25) is 0 Å². The molecule has 2 aliphatic heterocycles. The Kier molecular flexibility index (Phi) is 7.38. The van der Waals surface area contributed by atoms with Crippen molar-refractivity contribution in [3.05, 3.63) is 29.8 Å². The summed E-state index contributed by atoms with van der Waals surface area (Å²) >= 11 is 0. The van der Waals surface area contributed by atoms with Crippen LogP contribution in [-0.2, 0) is 19.0 Å². The Morgan fingerprint density at radius 3 is 2.71 bits per heavy atom. The molecule has 2 amide bonds. The topological polar surface area (TPSA) is 97.3 Å². The molecule has 2 unspecified atom stereocenters. The van der Waals surface area contributed by atoms with Crippen molar-refractivity contribution >= 4 is 12.0 Å². The zero-order valence-electron chi connectivity index (χ0n) is 20.5. The molecule has 1 saturated carbocycles. The summed E-state index contributed by atoms with van der Waals surface area (Å²) in [5, 5.41) is 12.9. The normalized spacial score (nSPS) is 30.1. The van der Waals surface area contributed by atoms with E-state index >= 15 is 0 Å². The van der Waals surface area contributed by atoms with E-state index in [-0.39, 0.29) is 30.8 Å². The van der Waals surface area contributed by atoms with Crippen LogP contribution in [0.4, 0.5) is 4.79 Å². The van der Waals surface area contributed by atoms with E-state index in [2.05, 4.69) is 11.4 Å². The molecule has 1 aromatic rings. The van der Waals surface area contributed by atoms with Crippen molar-refractivity contribution in [2.24, 2.45) is 0 Å². The van der Waals surface area contributed by atoms with Gasteiger partial charge < -0.3 is 29.5 Å². The minimum Gasteiger partial charge on any atom is -0.508 e. The first-order valence-electron chi connectivity index (χ1n) is 12.4. The zero-order valence-corrected chi connectivity index (χ0v) is 20.5. The van der Waals surface area contributed by atoms with Crippen molar-refractivity contribution in [2.45, 2.75) is 88.5 Å². The van der Waals surface area contributed by atoms with E-state index < -0.39 is 11.1 Å². The first-order chi connectivity index (χ1) is 16.2. The number of phenolic OH excluding ortho intramolecular Hbond substituents is 1. The number of nitrogens with zero attached hydrogens (tertiary/aromatic N) is 1. The standard InChI is InChI=1S/C26H38N2O6/c1-25(2,3)34-24(31)28-13-5-12-26(17-32-16-23(30)27-26)22(28)15-33-21-10-8-18(9-11-21)19-6-4-7-20(29)14-19/h4,6-7,14,18,21-22,29H,5,8-13,15-17H2,1-3H3,(H,27,30). The van der Waals surface area contributed by atoms with Crippen molar-refractivity contribution < 1.29 is 28.9 Å². The Bertz CT molecular complexity index is 872. The number of ether oxygens (including phenoxy) is 3. The van der Waals surface area contributed by atoms with Gasteiger partial charge in [-0.1, -0.05) is 12.1 Å². The van der Waals surface area contributed by atoms with Crippen molar-refractivity contribution in [3.8, 4) is 5.75 Å². The van der Waals surface area contributed by atoms with Gasteiger partial charge in [0.25, 0.3) is 0 Å². The van der Waals surface area contributed by atoms with E-state index in [1.54, 1.807) is 11.0 Å². The smallest absolute Gasteiger partial charge is 0.410 e. The van der Waals surface area contributed by atoms with Crippen LogP contribution in [0.5, 0.6) is 5.75 Å². The Balaban J connectivity index is 1.42. The van der Waals surface area contributed by atoms with Crippen LogP contribution in [0.25, 0.3) is 0 Å². The van der Waals surface area contributed by atoms with Crippen LogP contribution in [0.15, 0.2) is 24.3 Å². The second kappa shape index (κ2) is 10.1. The van der Waals surface area contributed by atoms with E-state index in [0.717, 1.165) is 38.5 Å². The summed E-state index contributed by atoms with van der Waals surface area (Å²) in [6.07, 6.45) is 5.00. The molecule has 0 bridgehead atoms. The lowest BCUT2D eigenvalue weighted by molar-refractivity contribution is -0.144. The van der Waals surface area contributed by atoms with Gasteiger partial charge in [0, 0.05) is 6.54 Å². The second-order valence-electron chi connectivity index (χ2n) is 10.9. The van der Waals surface area contributed by atoms with Gasteiger partial charge in [0.1, 0.15) is 18.0 Å². The molecule has 3 aliphatic rings. The third-order valence-electron chi connectivity index (χ3n) is 7.15. The summed E-state index contributed by atoms with van der Waals surface area (Å²) in [5.74, 6) is 0.559. The van der Waals surface area contributed by atoms with Crippen LogP contribution < -0.4 is 5.32 Å². The molecule has 8 heteroatoms. The maximum absolute atomic E-state index is 13.1. The number of nitrogens with one attached hydrogen (secondary N) is 1. The van der Waals surface area contributed by atoms with Crippen molar-refractivity contribution in [1.29, 1.82) is 0 Å². The molecule has 3 fully saturated rings. The summed E-state index contributed by atoms with van der Waals surface area (Å²) < 4.78 is 17.7. The molecule has 2 heterocycles. The SMILES string of the molecule is CC(C)(C)OC(=O)N1CCCC2(COCC(=O)N2)C1COC1CCC(c2cccc(O)c2)CC1. The molecule has 0 aromatic heterocycles. The predicted molar refractivity (Wildman–Crippen MR) is 127 cm³/mol. The fourth-order valence-corrected chi connectivity index (χ4v) is 5.53. The van der Waals surface area contributed by atoms with Gasteiger partial charge in [0.15, 0.2) is 0 Å². The molecular formula is C26H38N2O6. The summed E-state index contributed by atoms with van der Waals surface area (Å²) in [6.45, 7) is 6.85. The van der Waals surface area contributed by atoms with E-state index in [1.165, 1.54) is 5.56 Å². The van der Waals surface area contributed by atoms with Crippen molar-refractivity contribution in [3.63, 3.8) is 0 Å². The van der Waals surface area contributed by atoms with Gasteiger partial charge in [0.05, 0.1) is 30.9 Å². The highest BCUT2D eigenvalue weighted by molar-refractivity contribution is 5.79. The number of carbonyl (C=O) groups is 2. The lowest BCUT2D eigenvalue weighted by Crippen LogP contribution is -2.72. The number of benzene rings is 1. The maximum Gasteiger partial charge on any atom is 0.410 e. The fourth-order valence-electron chi connectivity index (χ4n) is 5.53. The summed E-state index contributed by atoms with van der Waals surface area (Å²) in [6, 6.07) is 7.15. The molecule has 188 valence electrons. The fraction of sp³-hybridized carbons (Fsp3) is 0.692. The third kappa shape index (κ3) is 5.84. The Hall–Kier alpha value is -2.32. The van der Waals surface area contributed by atoms with Gasteiger partial charge in [-0.05, 0) is 82.9 Å². The van der Waals surface area contributed by atoms with E-state index in [1.807, 2.05) is 32.9 Å². The summed E-state index contributed by atoms with van der Waals surface area (Å²) in [4.78, 5) is 27.1. The number of rotatable bonds is 4. The monoisotopic (exact) mass is 474 g/mol. The minimum absolute atomic E-state index is 0.0425.